The highest BCUT2D eigenvalue weighted by Gasteiger charge is 2.30. The van der Waals surface area contributed by atoms with Gasteiger partial charge >= 0.3 is 0 Å². The summed E-state index contributed by atoms with van der Waals surface area (Å²) < 4.78 is 0.971. The maximum atomic E-state index is 6.34. The fourth-order valence-corrected chi connectivity index (χ4v) is 3.25. The minimum atomic E-state index is -0.0338. The molecule has 0 aliphatic carbocycles. The second kappa shape index (κ2) is 5.87. The predicted molar refractivity (Wildman–Crippen MR) is 92.3 cm³/mol. The molecule has 1 unspecified atom stereocenters. The normalized spacial score (nSPS) is 18.0. The van der Waals surface area contributed by atoms with Gasteiger partial charge in [-0.25, -0.2) is 0 Å². The first-order chi connectivity index (χ1) is 10.1. The lowest BCUT2D eigenvalue weighted by molar-refractivity contribution is 0.768. The Morgan fingerprint density at radius 1 is 1.19 bits per heavy atom. The second-order valence-corrected chi connectivity index (χ2v) is 6.49. The van der Waals surface area contributed by atoms with Gasteiger partial charge in [0.05, 0.1) is 12.6 Å². The lowest BCUT2D eigenvalue weighted by atomic mass is 10.1. The van der Waals surface area contributed by atoms with Crippen LogP contribution in [-0.2, 0) is 0 Å². The van der Waals surface area contributed by atoms with Crippen molar-refractivity contribution < 1.29 is 0 Å². The Hall–Kier alpha value is -1.23. The van der Waals surface area contributed by atoms with Crippen molar-refractivity contribution in [3.63, 3.8) is 0 Å². The van der Waals surface area contributed by atoms with Crippen LogP contribution in [0.2, 0.25) is 10.0 Å². The molecule has 6 heteroatoms. The maximum Gasteiger partial charge on any atom is 0.196 e. The van der Waals surface area contributed by atoms with Crippen LogP contribution in [-0.4, -0.2) is 12.5 Å². The molecule has 0 amide bonds. The van der Waals surface area contributed by atoms with Gasteiger partial charge in [0.25, 0.3) is 0 Å². The summed E-state index contributed by atoms with van der Waals surface area (Å²) in [5.74, 6) is 0.471. The molecule has 108 valence electrons. The van der Waals surface area contributed by atoms with Crippen molar-refractivity contribution in [2.45, 2.75) is 6.04 Å². The molecule has 0 fully saturated rings. The van der Waals surface area contributed by atoms with E-state index in [1.54, 1.807) is 0 Å². The van der Waals surface area contributed by atoms with E-state index in [1.165, 1.54) is 0 Å². The molecule has 0 bridgehead atoms. The Labute approximate surface area is 141 Å². The molecule has 2 aromatic rings. The summed E-state index contributed by atoms with van der Waals surface area (Å²) in [5, 5.41) is 1.35. The van der Waals surface area contributed by atoms with Crippen LogP contribution in [0.25, 0.3) is 0 Å². The third-order valence-corrected chi connectivity index (χ3v) is 4.46. The van der Waals surface area contributed by atoms with Gasteiger partial charge in [-0.05, 0) is 42.0 Å². The van der Waals surface area contributed by atoms with Gasteiger partial charge in [-0.3, -0.25) is 4.99 Å². The highest BCUT2D eigenvalue weighted by molar-refractivity contribution is 9.10. The summed E-state index contributed by atoms with van der Waals surface area (Å²) in [6, 6.07) is 13.3. The summed E-state index contributed by atoms with van der Waals surface area (Å²) in [5.41, 5.74) is 7.94. The molecular formula is C15H12BrCl2N3. The molecule has 0 radical (unpaired) electrons. The van der Waals surface area contributed by atoms with Gasteiger partial charge in [0, 0.05) is 20.2 Å². The molecule has 1 aliphatic rings. The van der Waals surface area contributed by atoms with Crippen molar-refractivity contribution in [3.8, 4) is 0 Å². The van der Waals surface area contributed by atoms with Crippen molar-refractivity contribution in [3.05, 3.63) is 62.5 Å². The molecule has 1 atom stereocenters. The topological polar surface area (TPSA) is 41.6 Å². The van der Waals surface area contributed by atoms with E-state index in [0.29, 0.717) is 22.5 Å². The molecule has 0 saturated heterocycles. The Morgan fingerprint density at radius 3 is 2.76 bits per heavy atom. The van der Waals surface area contributed by atoms with Crippen molar-refractivity contribution in [2.75, 3.05) is 11.4 Å². The van der Waals surface area contributed by atoms with Crippen molar-refractivity contribution in [1.82, 2.24) is 0 Å². The zero-order valence-corrected chi connectivity index (χ0v) is 14.0. The van der Waals surface area contributed by atoms with Crippen LogP contribution >= 0.6 is 39.1 Å². The van der Waals surface area contributed by atoms with Crippen molar-refractivity contribution >= 4 is 50.8 Å². The number of guanidine groups is 1. The monoisotopic (exact) mass is 383 g/mol. The van der Waals surface area contributed by atoms with E-state index < -0.39 is 0 Å². The zero-order valence-electron chi connectivity index (χ0n) is 10.9. The van der Waals surface area contributed by atoms with E-state index in [9.17, 15) is 0 Å². The van der Waals surface area contributed by atoms with E-state index in [2.05, 4.69) is 20.9 Å². The average Bonchev–Trinajstić information content (AvgIpc) is 2.83. The number of nitrogens with zero attached hydrogens (tertiary/aromatic N) is 2. The van der Waals surface area contributed by atoms with Gasteiger partial charge in [0.2, 0.25) is 0 Å². The smallest absolute Gasteiger partial charge is 0.196 e. The molecule has 3 nitrogen and oxygen atoms in total. The van der Waals surface area contributed by atoms with Crippen LogP contribution < -0.4 is 10.6 Å². The summed E-state index contributed by atoms with van der Waals surface area (Å²) in [6.07, 6.45) is 0. The summed E-state index contributed by atoms with van der Waals surface area (Å²) >= 11 is 15.9. The molecule has 1 aliphatic heterocycles. The van der Waals surface area contributed by atoms with Crippen LogP contribution in [0.3, 0.4) is 0 Å². The number of nitrogens with two attached hydrogens (primary N) is 1. The first kappa shape index (κ1) is 14.7. The zero-order chi connectivity index (χ0) is 15.0. The molecule has 0 spiro atoms. The fraction of sp³-hybridized carbons (Fsp3) is 0.133. The maximum absolute atomic E-state index is 6.34. The summed E-state index contributed by atoms with van der Waals surface area (Å²) in [4.78, 5) is 6.31. The number of aliphatic imine (C=N–C) groups is 1. The minimum Gasteiger partial charge on any atom is -0.369 e. The molecule has 3 rings (SSSR count). The van der Waals surface area contributed by atoms with E-state index in [0.717, 1.165) is 15.7 Å². The molecule has 0 aromatic heterocycles. The van der Waals surface area contributed by atoms with Gasteiger partial charge in [0.1, 0.15) is 0 Å². The highest BCUT2D eigenvalue weighted by Crippen LogP contribution is 2.36. The van der Waals surface area contributed by atoms with Crippen LogP contribution in [0, 0.1) is 0 Å². The fourth-order valence-electron chi connectivity index (χ4n) is 2.44. The number of hydrogen-bond donors (Lipinski definition) is 1. The van der Waals surface area contributed by atoms with Gasteiger partial charge in [-0.1, -0.05) is 45.2 Å². The molecular weight excluding hydrogens is 373 g/mol. The van der Waals surface area contributed by atoms with Crippen molar-refractivity contribution in [1.29, 1.82) is 0 Å². The van der Waals surface area contributed by atoms with Crippen LogP contribution in [0.1, 0.15) is 11.6 Å². The van der Waals surface area contributed by atoms with E-state index in [1.807, 2.05) is 47.4 Å². The number of rotatable bonds is 2. The quantitative estimate of drug-likeness (QED) is 0.819. The second-order valence-electron chi connectivity index (χ2n) is 4.73. The first-order valence-corrected chi connectivity index (χ1v) is 7.91. The lowest BCUT2D eigenvalue weighted by Gasteiger charge is -2.27. The van der Waals surface area contributed by atoms with Gasteiger partial charge < -0.3 is 10.6 Å². The van der Waals surface area contributed by atoms with Crippen LogP contribution in [0.15, 0.2) is 51.9 Å². The Morgan fingerprint density at radius 2 is 2.00 bits per heavy atom. The number of halogens is 3. The Kier molecular flexibility index (Phi) is 4.11. The molecule has 2 N–H and O–H groups in total. The Balaban J connectivity index is 2.05. The third kappa shape index (κ3) is 2.89. The largest absolute Gasteiger partial charge is 0.369 e. The summed E-state index contributed by atoms with van der Waals surface area (Å²) in [6.45, 7) is 0.564. The standard InChI is InChI=1S/C15H12BrCl2N3/c16-9-4-5-13(18)12(6-9)14-8-20-15(19)21(14)11-3-1-2-10(17)7-11/h1-7,14H,8H2,(H2,19,20). The van der Waals surface area contributed by atoms with Gasteiger partial charge in [-0.15, -0.1) is 0 Å². The number of hydrogen-bond acceptors (Lipinski definition) is 3. The molecule has 0 saturated carbocycles. The van der Waals surface area contributed by atoms with Crippen LogP contribution in [0.4, 0.5) is 5.69 Å². The minimum absolute atomic E-state index is 0.0338. The number of anilines is 1. The predicted octanol–water partition coefficient (Wildman–Crippen LogP) is 4.63. The average molecular weight is 385 g/mol. The first-order valence-electron chi connectivity index (χ1n) is 6.36. The number of benzene rings is 2. The molecule has 1 heterocycles. The highest BCUT2D eigenvalue weighted by atomic mass is 79.9. The Bertz CT molecular complexity index is 718. The van der Waals surface area contributed by atoms with E-state index >= 15 is 0 Å². The van der Waals surface area contributed by atoms with Crippen molar-refractivity contribution in [2.24, 2.45) is 10.7 Å². The van der Waals surface area contributed by atoms with Gasteiger partial charge in [0.15, 0.2) is 5.96 Å². The van der Waals surface area contributed by atoms with Gasteiger partial charge in [-0.2, -0.15) is 0 Å². The molecule has 21 heavy (non-hydrogen) atoms. The lowest BCUT2D eigenvalue weighted by Crippen LogP contribution is -2.36. The van der Waals surface area contributed by atoms with Crippen LogP contribution in [0.5, 0.6) is 0 Å². The summed E-state index contributed by atoms with van der Waals surface area (Å²) in [7, 11) is 0. The van der Waals surface area contributed by atoms with E-state index in [4.69, 9.17) is 28.9 Å². The SMILES string of the molecule is NC1=NCC(c2cc(Br)ccc2Cl)N1c1cccc(Cl)c1. The third-order valence-electron chi connectivity index (χ3n) is 3.39. The van der Waals surface area contributed by atoms with E-state index in [-0.39, 0.29) is 6.04 Å². The molecule has 2 aromatic carbocycles.